The van der Waals surface area contributed by atoms with E-state index in [9.17, 15) is 19.7 Å². The normalized spacial score (nSPS) is 13.4. The number of fused-ring (bicyclic) bond motifs is 1. The molecule has 1 aliphatic heterocycles. The maximum Gasteiger partial charge on any atom is 0.285 e. The molecule has 0 unspecified atom stereocenters. The molecule has 0 aromatic heterocycles. The van der Waals surface area contributed by atoms with Gasteiger partial charge in [0.25, 0.3) is 17.5 Å². The van der Waals surface area contributed by atoms with E-state index in [1.54, 1.807) is 0 Å². The molecule has 0 fully saturated rings. The minimum Gasteiger partial charge on any atom is -0.278 e. The zero-order chi connectivity index (χ0) is 11.2. The number of non-ortho nitro benzene ring substituents is 1. The average Bonchev–Trinajstić information content (AvgIpc) is 2.44. The molecule has 0 atom stereocenters. The van der Waals surface area contributed by atoms with Crippen molar-refractivity contribution in [3.05, 3.63) is 39.4 Å². The van der Waals surface area contributed by atoms with Crippen LogP contribution in [0.4, 0.5) is 5.69 Å². The van der Waals surface area contributed by atoms with Gasteiger partial charge in [0.05, 0.1) is 16.1 Å². The van der Waals surface area contributed by atoms with E-state index >= 15 is 0 Å². The van der Waals surface area contributed by atoms with Gasteiger partial charge in [0, 0.05) is 63.5 Å². The molecule has 0 spiro atoms. The van der Waals surface area contributed by atoms with Crippen LogP contribution in [-0.2, 0) is 0 Å². The summed E-state index contributed by atoms with van der Waals surface area (Å²) in [6.45, 7) is 0. The second-order valence-electron chi connectivity index (χ2n) is 2.91. The van der Waals surface area contributed by atoms with Crippen molar-refractivity contribution in [2.45, 2.75) is 0 Å². The Morgan fingerprint density at radius 2 is 1.75 bits per heavy atom. The van der Waals surface area contributed by atoms with Gasteiger partial charge in [-0.05, 0) is 6.07 Å². The van der Waals surface area contributed by atoms with E-state index in [-0.39, 0.29) is 73.3 Å². The van der Waals surface area contributed by atoms with Gasteiger partial charge in [-0.1, -0.05) is 0 Å². The summed E-state index contributed by atoms with van der Waals surface area (Å²) in [6, 6.07) is 3.21. The van der Waals surface area contributed by atoms with E-state index in [1.807, 2.05) is 0 Å². The van der Waals surface area contributed by atoms with Crippen LogP contribution in [0.15, 0.2) is 18.2 Å². The van der Waals surface area contributed by atoms with Crippen LogP contribution in [0.2, 0.25) is 0 Å². The van der Waals surface area contributed by atoms with E-state index in [0.717, 1.165) is 18.2 Å². The molecule has 0 saturated heterocycles. The maximum absolute atomic E-state index is 11.2. The first-order valence-corrected chi connectivity index (χ1v) is 3.88. The van der Waals surface area contributed by atoms with Gasteiger partial charge in [0.1, 0.15) is 0 Å². The van der Waals surface area contributed by atoms with Crippen LogP contribution in [-0.4, -0.2) is 78.4 Å². The summed E-state index contributed by atoms with van der Waals surface area (Å²) in [5.41, 5.74) is -0.491. The fraction of sp³-hybridized carbons (Fsp3) is 0. The van der Waals surface area contributed by atoms with Gasteiger partial charge in [-0.15, -0.1) is 5.06 Å². The van der Waals surface area contributed by atoms with Gasteiger partial charge in [-0.25, -0.2) is 0 Å². The molecule has 0 saturated carbocycles. The number of nitrogens with zero attached hydrogens (tertiary/aromatic N) is 2. The van der Waals surface area contributed by atoms with Crippen molar-refractivity contribution < 1.29 is 19.7 Å². The topological polar surface area (TPSA) is 101 Å². The molecule has 1 aromatic rings. The number of hydroxylamine groups is 2. The quantitative estimate of drug-likeness (QED) is 0.251. The molecule has 1 aromatic carbocycles. The molecule has 77 valence electrons. The summed E-state index contributed by atoms with van der Waals surface area (Å²) in [6.07, 6.45) is 0. The van der Waals surface area contributed by atoms with E-state index in [1.165, 1.54) is 0 Å². The largest absolute Gasteiger partial charge is 0.285 e. The standard InChI is InChI=1S/C8H4N2O5.K/c11-7-5-2-1-4(10(14)15)3-6(5)8(12)9(7)13;/h1-3,13H;. The van der Waals surface area contributed by atoms with Crippen molar-refractivity contribution in [3.63, 3.8) is 0 Å². The number of hydrogen-bond acceptors (Lipinski definition) is 5. The van der Waals surface area contributed by atoms with Gasteiger partial charge >= 0.3 is 0 Å². The third-order valence-corrected chi connectivity index (χ3v) is 2.06. The van der Waals surface area contributed by atoms with Crippen molar-refractivity contribution in [1.82, 2.24) is 5.06 Å². The van der Waals surface area contributed by atoms with Gasteiger partial charge in [-0.2, -0.15) is 0 Å². The van der Waals surface area contributed by atoms with E-state index in [2.05, 4.69) is 0 Å². The number of amides is 2. The van der Waals surface area contributed by atoms with Crippen molar-refractivity contribution >= 4 is 68.9 Å². The molecule has 0 bridgehead atoms. The number of rotatable bonds is 1. The van der Waals surface area contributed by atoms with Crippen molar-refractivity contribution in [2.75, 3.05) is 0 Å². The Labute approximate surface area is 132 Å². The molecule has 1 aliphatic rings. The molecule has 2 rings (SSSR count). The van der Waals surface area contributed by atoms with Gasteiger partial charge < -0.3 is 0 Å². The van der Waals surface area contributed by atoms with E-state index in [4.69, 9.17) is 5.21 Å². The summed E-state index contributed by atoms with van der Waals surface area (Å²) < 4.78 is 0. The maximum atomic E-state index is 11.2. The van der Waals surface area contributed by atoms with Crippen LogP contribution >= 0.6 is 0 Å². The molecular weight excluding hydrogens is 243 g/mol. The second kappa shape index (κ2) is 4.69. The minimum absolute atomic E-state index is 0. The first-order chi connectivity index (χ1) is 7.02. The van der Waals surface area contributed by atoms with Crippen LogP contribution in [0.1, 0.15) is 20.7 Å². The van der Waals surface area contributed by atoms with Crippen LogP contribution < -0.4 is 0 Å². The number of imide groups is 1. The molecule has 1 heterocycles. The van der Waals surface area contributed by atoms with Gasteiger partial charge in [0.2, 0.25) is 0 Å². The Bertz CT molecular complexity index is 501. The Hall–Kier alpha value is -0.644. The summed E-state index contributed by atoms with van der Waals surface area (Å²) in [4.78, 5) is 32.1. The summed E-state index contributed by atoms with van der Waals surface area (Å²) >= 11 is 0. The second-order valence-corrected chi connectivity index (χ2v) is 2.91. The Kier molecular flexibility index (Phi) is 3.94. The molecule has 1 N–H and O–H groups in total. The van der Waals surface area contributed by atoms with Gasteiger partial charge in [0.15, 0.2) is 0 Å². The number of carbonyl (C=O) groups excluding carboxylic acids is 2. The first kappa shape index (κ1) is 13.4. The average molecular weight is 247 g/mol. The Balaban J connectivity index is 0.00000128. The predicted octanol–water partition coefficient (Wildman–Crippen LogP) is 0.199. The third kappa shape index (κ3) is 1.95. The summed E-state index contributed by atoms with van der Waals surface area (Å²) in [5.74, 6) is -1.82. The Morgan fingerprint density at radius 3 is 2.31 bits per heavy atom. The number of benzene rings is 1. The molecule has 16 heavy (non-hydrogen) atoms. The molecule has 7 nitrogen and oxygen atoms in total. The van der Waals surface area contributed by atoms with Crippen molar-refractivity contribution in [3.8, 4) is 0 Å². The summed E-state index contributed by atoms with van der Waals surface area (Å²) in [7, 11) is 0. The number of hydrogen-bond donors (Lipinski definition) is 1. The molecule has 2 amide bonds. The third-order valence-electron chi connectivity index (χ3n) is 2.06. The zero-order valence-electron chi connectivity index (χ0n) is 8.21. The fourth-order valence-corrected chi connectivity index (χ4v) is 1.33. The zero-order valence-corrected chi connectivity index (χ0v) is 11.3. The van der Waals surface area contributed by atoms with Gasteiger partial charge in [-0.3, -0.25) is 24.9 Å². The van der Waals surface area contributed by atoms with Crippen LogP contribution in [0.25, 0.3) is 0 Å². The molecule has 8 heteroatoms. The van der Waals surface area contributed by atoms with Crippen LogP contribution in [0, 0.1) is 10.1 Å². The number of nitro benzene ring substituents is 1. The monoisotopic (exact) mass is 247 g/mol. The molecular formula is C8H4KN2O5. The summed E-state index contributed by atoms with van der Waals surface area (Å²) in [5, 5.41) is 19.3. The molecule has 0 aliphatic carbocycles. The smallest absolute Gasteiger partial charge is 0.278 e. The fourth-order valence-electron chi connectivity index (χ4n) is 1.33. The van der Waals surface area contributed by atoms with Crippen LogP contribution in [0.3, 0.4) is 0 Å². The number of carbonyl (C=O) groups is 2. The van der Waals surface area contributed by atoms with Crippen molar-refractivity contribution in [2.24, 2.45) is 0 Å². The molecule has 1 radical (unpaired) electrons. The first-order valence-electron chi connectivity index (χ1n) is 3.88. The van der Waals surface area contributed by atoms with E-state index < -0.39 is 16.7 Å². The SMILES string of the molecule is O=C1c2ccc([N+](=O)[O-])cc2C(=O)N1O.[K]. The van der Waals surface area contributed by atoms with Crippen LogP contribution in [0.5, 0.6) is 0 Å². The predicted molar refractivity (Wildman–Crippen MR) is 51.1 cm³/mol. The van der Waals surface area contributed by atoms with Crippen molar-refractivity contribution in [1.29, 1.82) is 0 Å². The number of nitro groups is 1. The minimum atomic E-state index is -0.946. The Morgan fingerprint density at radius 1 is 1.19 bits per heavy atom. The van der Waals surface area contributed by atoms with E-state index in [0.29, 0.717) is 0 Å².